The molecular weight excluding hydrogens is 335 g/mol. The molecule has 0 spiro atoms. The largest absolute Gasteiger partial charge is 0.379 e. The number of nitrogens with one attached hydrogen (secondary N) is 1. The normalized spacial score (nSPS) is 10.6. The van der Waals surface area contributed by atoms with Gasteiger partial charge in [0.2, 0.25) is 0 Å². The zero-order chi connectivity index (χ0) is 14.7. The van der Waals surface area contributed by atoms with Crippen molar-refractivity contribution in [2.24, 2.45) is 0 Å². The van der Waals surface area contributed by atoms with E-state index in [0.717, 1.165) is 17.1 Å². The summed E-state index contributed by atoms with van der Waals surface area (Å²) >= 11 is 3.16. The van der Waals surface area contributed by atoms with E-state index in [1.165, 1.54) is 6.07 Å². The molecule has 2 aromatic carbocycles. The van der Waals surface area contributed by atoms with Crippen LogP contribution in [-0.4, -0.2) is 15.0 Å². The maximum absolute atomic E-state index is 13.2. The van der Waals surface area contributed by atoms with Crippen LogP contribution >= 0.6 is 15.9 Å². The number of hydrogen-bond acceptors (Lipinski definition) is 3. The number of benzene rings is 2. The lowest BCUT2D eigenvalue weighted by molar-refractivity contribution is 0.621. The van der Waals surface area contributed by atoms with Crippen molar-refractivity contribution < 1.29 is 4.39 Å². The van der Waals surface area contributed by atoms with Crippen molar-refractivity contribution in [3.8, 4) is 5.69 Å². The van der Waals surface area contributed by atoms with Gasteiger partial charge in [-0.3, -0.25) is 0 Å². The van der Waals surface area contributed by atoms with Gasteiger partial charge in [0.1, 0.15) is 11.5 Å². The third-order valence-electron chi connectivity index (χ3n) is 2.92. The molecule has 3 rings (SSSR count). The van der Waals surface area contributed by atoms with Crippen LogP contribution in [0.2, 0.25) is 0 Å². The molecule has 3 aromatic rings. The summed E-state index contributed by atoms with van der Waals surface area (Å²) in [6.07, 6.45) is 1.71. The van der Waals surface area contributed by atoms with Crippen LogP contribution in [0.1, 0.15) is 5.69 Å². The minimum atomic E-state index is -0.282. The minimum absolute atomic E-state index is 0.282. The number of hydrogen-bond donors (Lipinski definition) is 1. The smallest absolute Gasteiger partial charge is 0.137 e. The van der Waals surface area contributed by atoms with Crippen LogP contribution in [0.25, 0.3) is 5.69 Å². The fraction of sp³-hybridized carbons (Fsp3) is 0.0667. The Bertz CT molecular complexity index is 742. The van der Waals surface area contributed by atoms with Crippen LogP contribution in [0.3, 0.4) is 0 Å². The van der Waals surface area contributed by atoms with Gasteiger partial charge in [0.05, 0.1) is 22.9 Å². The highest BCUT2D eigenvalue weighted by Gasteiger charge is 2.04. The van der Waals surface area contributed by atoms with Gasteiger partial charge in [-0.2, -0.15) is 15.0 Å². The summed E-state index contributed by atoms with van der Waals surface area (Å²) < 4.78 is 13.6. The summed E-state index contributed by atoms with van der Waals surface area (Å²) in [6, 6.07) is 14.5. The molecule has 6 heteroatoms. The Balaban J connectivity index is 1.69. The fourth-order valence-corrected chi connectivity index (χ4v) is 2.24. The average Bonchev–Trinajstić information content (AvgIpc) is 2.98. The van der Waals surface area contributed by atoms with Crippen LogP contribution < -0.4 is 5.32 Å². The van der Waals surface area contributed by atoms with Crippen molar-refractivity contribution in [2.45, 2.75) is 6.54 Å². The van der Waals surface area contributed by atoms with Crippen LogP contribution in [-0.2, 0) is 6.54 Å². The predicted octanol–water partition coefficient (Wildman–Crippen LogP) is 3.78. The van der Waals surface area contributed by atoms with Gasteiger partial charge in [0, 0.05) is 5.69 Å². The zero-order valence-corrected chi connectivity index (χ0v) is 12.6. The number of para-hydroxylation sites is 1. The molecule has 0 saturated carbocycles. The van der Waals surface area contributed by atoms with E-state index in [1.807, 2.05) is 30.3 Å². The SMILES string of the molecule is Fc1ccc(NCc2cnn(-c3ccccc3)n2)cc1Br. The molecule has 0 aliphatic rings. The summed E-state index contributed by atoms with van der Waals surface area (Å²) in [5.74, 6) is -0.282. The third-order valence-corrected chi connectivity index (χ3v) is 3.53. The first kappa shape index (κ1) is 13.8. The molecule has 106 valence electrons. The number of halogens is 2. The van der Waals surface area contributed by atoms with E-state index >= 15 is 0 Å². The molecule has 21 heavy (non-hydrogen) atoms. The van der Waals surface area contributed by atoms with Crippen LogP contribution in [0.15, 0.2) is 59.2 Å². The second kappa shape index (κ2) is 6.05. The summed E-state index contributed by atoms with van der Waals surface area (Å²) in [6.45, 7) is 0.519. The maximum atomic E-state index is 13.2. The van der Waals surface area contributed by atoms with Crippen LogP contribution in [0.5, 0.6) is 0 Å². The standard InChI is InChI=1S/C15H12BrFN4/c16-14-8-11(6-7-15(14)17)18-9-12-10-19-21(20-12)13-4-2-1-3-5-13/h1-8,10,18H,9H2. The first-order valence-corrected chi connectivity index (χ1v) is 7.17. The van der Waals surface area contributed by atoms with Crippen molar-refractivity contribution >= 4 is 21.6 Å². The second-order valence-corrected chi connectivity index (χ2v) is 5.30. The molecule has 0 amide bonds. The monoisotopic (exact) mass is 346 g/mol. The van der Waals surface area contributed by atoms with E-state index in [2.05, 4.69) is 31.4 Å². The molecule has 0 aliphatic heterocycles. The summed E-state index contributed by atoms with van der Waals surface area (Å²) in [4.78, 5) is 1.58. The maximum Gasteiger partial charge on any atom is 0.137 e. The molecule has 4 nitrogen and oxygen atoms in total. The highest BCUT2D eigenvalue weighted by Crippen LogP contribution is 2.20. The Morgan fingerprint density at radius 1 is 1.14 bits per heavy atom. The quantitative estimate of drug-likeness (QED) is 0.781. The Morgan fingerprint density at radius 3 is 2.71 bits per heavy atom. The van der Waals surface area contributed by atoms with Gasteiger partial charge in [-0.05, 0) is 46.3 Å². The summed E-state index contributed by atoms with van der Waals surface area (Å²) in [7, 11) is 0. The number of aromatic nitrogens is 3. The van der Waals surface area contributed by atoms with Gasteiger partial charge in [-0.1, -0.05) is 18.2 Å². The van der Waals surface area contributed by atoms with Gasteiger partial charge in [0.25, 0.3) is 0 Å². The highest BCUT2D eigenvalue weighted by atomic mass is 79.9. The van der Waals surface area contributed by atoms with Gasteiger partial charge in [-0.15, -0.1) is 0 Å². The minimum Gasteiger partial charge on any atom is -0.379 e. The molecule has 0 atom stereocenters. The van der Waals surface area contributed by atoms with Gasteiger partial charge in [-0.25, -0.2) is 4.39 Å². The number of anilines is 1. The molecule has 0 radical (unpaired) electrons. The molecule has 1 aromatic heterocycles. The zero-order valence-electron chi connectivity index (χ0n) is 11.0. The van der Waals surface area contributed by atoms with Gasteiger partial charge < -0.3 is 5.32 Å². The van der Waals surface area contributed by atoms with Gasteiger partial charge >= 0.3 is 0 Å². The molecule has 0 aliphatic carbocycles. The van der Waals surface area contributed by atoms with E-state index in [-0.39, 0.29) is 5.82 Å². The summed E-state index contributed by atoms with van der Waals surface area (Å²) in [5, 5.41) is 11.8. The van der Waals surface area contributed by atoms with Crippen molar-refractivity contribution in [3.63, 3.8) is 0 Å². The van der Waals surface area contributed by atoms with Crippen molar-refractivity contribution in [2.75, 3.05) is 5.32 Å². The van der Waals surface area contributed by atoms with Crippen LogP contribution in [0.4, 0.5) is 10.1 Å². The van der Waals surface area contributed by atoms with Crippen molar-refractivity contribution in [3.05, 3.63) is 70.7 Å². The average molecular weight is 347 g/mol. The molecule has 0 saturated heterocycles. The Hall–Kier alpha value is -2.21. The lowest BCUT2D eigenvalue weighted by Gasteiger charge is -2.05. The first-order chi connectivity index (χ1) is 10.2. The molecule has 1 N–H and O–H groups in total. The van der Waals surface area contributed by atoms with Crippen molar-refractivity contribution in [1.29, 1.82) is 0 Å². The predicted molar refractivity (Wildman–Crippen MR) is 82.8 cm³/mol. The lowest BCUT2D eigenvalue weighted by Crippen LogP contribution is -2.02. The van der Waals surface area contributed by atoms with Crippen LogP contribution in [0, 0.1) is 5.82 Å². The third kappa shape index (κ3) is 3.28. The molecule has 0 bridgehead atoms. The van der Waals surface area contributed by atoms with E-state index in [9.17, 15) is 4.39 Å². The molecule has 0 fully saturated rings. The Labute approximate surface area is 129 Å². The Morgan fingerprint density at radius 2 is 1.95 bits per heavy atom. The van der Waals surface area contributed by atoms with Crippen molar-refractivity contribution in [1.82, 2.24) is 15.0 Å². The van der Waals surface area contributed by atoms with E-state index in [4.69, 9.17) is 0 Å². The molecular formula is C15H12BrFN4. The molecule has 1 heterocycles. The van der Waals surface area contributed by atoms with E-state index in [1.54, 1.807) is 23.1 Å². The van der Waals surface area contributed by atoms with E-state index < -0.39 is 0 Å². The molecule has 0 unspecified atom stereocenters. The number of nitrogens with zero attached hydrogens (tertiary/aromatic N) is 3. The van der Waals surface area contributed by atoms with Gasteiger partial charge in [0.15, 0.2) is 0 Å². The first-order valence-electron chi connectivity index (χ1n) is 6.38. The fourth-order valence-electron chi connectivity index (χ4n) is 1.86. The van der Waals surface area contributed by atoms with E-state index in [0.29, 0.717) is 11.0 Å². The highest BCUT2D eigenvalue weighted by molar-refractivity contribution is 9.10. The lowest BCUT2D eigenvalue weighted by atomic mass is 10.3. The topological polar surface area (TPSA) is 42.7 Å². The second-order valence-electron chi connectivity index (χ2n) is 4.44. The number of rotatable bonds is 4. The summed E-state index contributed by atoms with van der Waals surface area (Å²) in [5.41, 5.74) is 2.53. The Kier molecular flexibility index (Phi) is 3.96.